The van der Waals surface area contributed by atoms with Gasteiger partial charge in [-0.1, -0.05) is 195 Å². The molecule has 1 aliphatic rings. The van der Waals surface area contributed by atoms with Gasteiger partial charge < -0.3 is 0 Å². The van der Waals surface area contributed by atoms with E-state index in [0.717, 1.165) is 0 Å². The summed E-state index contributed by atoms with van der Waals surface area (Å²) in [4.78, 5) is 0. The SMILES string of the molecule is CCCCCCCCC1(CCCCCCCC)c2cc(B(C)C)ccc2-c2ccc(-c3ccc4ccc5cccc6ccc3c4c56)cc21. The number of fused-ring (bicyclic) bond motifs is 3. The summed E-state index contributed by atoms with van der Waals surface area (Å²) in [5.74, 6) is 0. The molecule has 0 radical (unpaired) electrons. The second-order valence-electron chi connectivity index (χ2n) is 15.3. The lowest BCUT2D eigenvalue weighted by atomic mass is 9.49. The summed E-state index contributed by atoms with van der Waals surface area (Å²) in [6, 6.07) is 35.9. The Bertz CT molecular complexity index is 1960. The number of rotatable bonds is 16. The van der Waals surface area contributed by atoms with E-state index in [4.69, 9.17) is 0 Å². The van der Waals surface area contributed by atoms with Crippen LogP contribution in [-0.4, -0.2) is 6.71 Å². The zero-order valence-electron chi connectivity index (χ0n) is 30.1. The third-order valence-electron chi connectivity index (χ3n) is 11.8. The van der Waals surface area contributed by atoms with Crippen LogP contribution < -0.4 is 5.46 Å². The van der Waals surface area contributed by atoms with Gasteiger partial charge in [-0.3, -0.25) is 0 Å². The molecule has 1 heteroatoms. The largest absolute Gasteiger partial charge is 0.169 e. The molecule has 0 amide bonds. The lowest BCUT2D eigenvalue weighted by molar-refractivity contribution is 0.398. The summed E-state index contributed by atoms with van der Waals surface area (Å²) in [6.07, 6.45) is 18.7. The highest BCUT2D eigenvalue weighted by molar-refractivity contribution is 6.70. The zero-order valence-corrected chi connectivity index (χ0v) is 30.1. The van der Waals surface area contributed by atoms with Crippen molar-refractivity contribution in [3.05, 3.63) is 102 Å². The van der Waals surface area contributed by atoms with Crippen molar-refractivity contribution in [2.45, 2.75) is 123 Å². The number of hydrogen-bond acceptors (Lipinski definition) is 0. The third kappa shape index (κ3) is 6.08. The molecule has 0 fully saturated rings. The first kappa shape index (κ1) is 32.9. The van der Waals surface area contributed by atoms with Crippen LogP contribution >= 0.6 is 0 Å². The molecule has 0 heterocycles. The van der Waals surface area contributed by atoms with Crippen LogP contribution in [0.15, 0.2) is 91.0 Å². The Morgan fingerprint density at radius 3 is 1.65 bits per heavy atom. The molecule has 48 heavy (non-hydrogen) atoms. The maximum atomic E-state index is 2.64. The average molecular weight is 631 g/mol. The summed E-state index contributed by atoms with van der Waals surface area (Å²) < 4.78 is 0. The fourth-order valence-electron chi connectivity index (χ4n) is 9.10. The molecule has 0 atom stereocenters. The van der Waals surface area contributed by atoms with Crippen molar-refractivity contribution in [1.29, 1.82) is 0 Å². The fraction of sp³-hybridized carbons (Fsp3) is 0.404. The molecular formula is C47H55B. The maximum Gasteiger partial charge on any atom is 0.169 e. The zero-order chi connectivity index (χ0) is 33.1. The Labute approximate surface area is 290 Å². The van der Waals surface area contributed by atoms with Crippen LogP contribution in [0.2, 0.25) is 13.6 Å². The van der Waals surface area contributed by atoms with Gasteiger partial charge in [-0.05, 0) is 84.6 Å². The molecule has 1 aliphatic carbocycles. The van der Waals surface area contributed by atoms with Crippen LogP contribution in [0.4, 0.5) is 0 Å². The van der Waals surface area contributed by atoms with Crippen molar-refractivity contribution in [3.63, 3.8) is 0 Å². The monoisotopic (exact) mass is 630 g/mol. The van der Waals surface area contributed by atoms with E-state index >= 15 is 0 Å². The fourth-order valence-corrected chi connectivity index (χ4v) is 9.10. The second-order valence-corrected chi connectivity index (χ2v) is 15.3. The van der Waals surface area contributed by atoms with Gasteiger partial charge in [0.25, 0.3) is 0 Å². The highest BCUT2D eigenvalue weighted by atomic mass is 14.4. The van der Waals surface area contributed by atoms with Crippen LogP contribution in [0.5, 0.6) is 0 Å². The highest BCUT2D eigenvalue weighted by Crippen LogP contribution is 2.55. The van der Waals surface area contributed by atoms with Crippen molar-refractivity contribution >= 4 is 44.5 Å². The summed E-state index contributed by atoms with van der Waals surface area (Å²) in [6.45, 7) is 9.91. The van der Waals surface area contributed by atoms with Gasteiger partial charge in [0.1, 0.15) is 0 Å². The number of benzene rings is 6. The van der Waals surface area contributed by atoms with E-state index in [1.807, 2.05) is 0 Å². The molecule has 0 saturated carbocycles. The topological polar surface area (TPSA) is 0 Å². The van der Waals surface area contributed by atoms with Gasteiger partial charge in [-0.25, -0.2) is 0 Å². The molecule has 0 spiro atoms. The Balaban J connectivity index is 1.34. The Kier molecular flexibility index (Phi) is 9.95. The first-order valence-electron chi connectivity index (χ1n) is 19.5. The predicted octanol–water partition coefficient (Wildman–Crippen LogP) is 14.0. The van der Waals surface area contributed by atoms with Gasteiger partial charge in [0.05, 0.1) is 0 Å². The van der Waals surface area contributed by atoms with Crippen molar-refractivity contribution in [3.8, 4) is 22.3 Å². The van der Waals surface area contributed by atoms with Crippen LogP contribution in [0.3, 0.4) is 0 Å². The van der Waals surface area contributed by atoms with Crippen molar-refractivity contribution < 1.29 is 0 Å². The Hall–Kier alpha value is -3.58. The summed E-state index contributed by atoms with van der Waals surface area (Å²) in [5.41, 5.74) is 10.5. The Morgan fingerprint density at radius 1 is 0.479 bits per heavy atom. The van der Waals surface area contributed by atoms with Crippen molar-refractivity contribution in [1.82, 2.24) is 0 Å². The summed E-state index contributed by atoms with van der Waals surface area (Å²) in [7, 11) is 0. The van der Waals surface area contributed by atoms with Crippen LogP contribution in [0, 0.1) is 0 Å². The molecule has 0 bridgehead atoms. The molecule has 0 aromatic heterocycles. The second kappa shape index (κ2) is 14.5. The van der Waals surface area contributed by atoms with Gasteiger partial charge in [-0.15, -0.1) is 0 Å². The number of unbranched alkanes of at least 4 members (excludes halogenated alkanes) is 10. The predicted molar refractivity (Wildman–Crippen MR) is 215 cm³/mol. The lowest BCUT2D eigenvalue weighted by Gasteiger charge is -2.33. The molecule has 0 saturated heterocycles. The number of hydrogen-bond donors (Lipinski definition) is 0. The molecule has 0 N–H and O–H groups in total. The molecule has 0 nitrogen and oxygen atoms in total. The standard InChI is InChI=1S/C47H55B/c1-5-7-9-11-13-15-30-47(31-16-14-12-10-8-6-2)43-32-37(24-27-40(43)41-29-25-38(48(3)4)33-44(41)47)39-26-22-36-21-20-34-18-17-19-35-23-28-42(39)46(36)45(34)35/h17-29,32-33H,5-16,30-31H2,1-4H3. The molecule has 6 aromatic carbocycles. The van der Waals surface area contributed by atoms with E-state index in [2.05, 4.69) is 118 Å². The molecule has 246 valence electrons. The highest BCUT2D eigenvalue weighted by Gasteiger charge is 2.42. The quantitative estimate of drug-likeness (QED) is 0.0567. The van der Waals surface area contributed by atoms with Crippen LogP contribution in [-0.2, 0) is 5.41 Å². The van der Waals surface area contributed by atoms with E-state index in [1.165, 1.54) is 150 Å². The van der Waals surface area contributed by atoms with Crippen LogP contribution in [0.25, 0.3) is 54.6 Å². The molecule has 0 aliphatic heterocycles. The molecular weight excluding hydrogens is 575 g/mol. The first-order chi connectivity index (χ1) is 23.6. The van der Waals surface area contributed by atoms with Gasteiger partial charge in [0.2, 0.25) is 0 Å². The smallest absolute Gasteiger partial charge is 0.0819 e. The molecule has 0 unspecified atom stereocenters. The van der Waals surface area contributed by atoms with Gasteiger partial charge in [-0.2, -0.15) is 0 Å². The van der Waals surface area contributed by atoms with E-state index in [1.54, 1.807) is 11.1 Å². The minimum atomic E-state index is 0.0882. The van der Waals surface area contributed by atoms with Gasteiger partial charge in [0, 0.05) is 5.41 Å². The first-order valence-corrected chi connectivity index (χ1v) is 19.5. The van der Waals surface area contributed by atoms with E-state index in [9.17, 15) is 0 Å². The normalized spacial score (nSPS) is 13.5. The van der Waals surface area contributed by atoms with E-state index < -0.39 is 0 Å². The van der Waals surface area contributed by atoms with E-state index in [-0.39, 0.29) is 5.41 Å². The molecule has 6 aromatic rings. The van der Waals surface area contributed by atoms with Crippen LogP contribution in [0.1, 0.15) is 115 Å². The average Bonchev–Trinajstić information content (AvgIpc) is 3.38. The van der Waals surface area contributed by atoms with Crippen molar-refractivity contribution in [2.75, 3.05) is 0 Å². The minimum absolute atomic E-state index is 0.0882. The minimum Gasteiger partial charge on any atom is -0.0819 e. The van der Waals surface area contributed by atoms with Gasteiger partial charge >= 0.3 is 0 Å². The third-order valence-corrected chi connectivity index (χ3v) is 11.8. The molecule has 7 rings (SSSR count). The van der Waals surface area contributed by atoms with E-state index in [0.29, 0.717) is 6.71 Å². The lowest BCUT2D eigenvalue weighted by Crippen LogP contribution is -2.29. The van der Waals surface area contributed by atoms with Crippen molar-refractivity contribution in [2.24, 2.45) is 0 Å². The maximum absolute atomic E-state index is 2.64. The Morgan fingerprint density at radius 2 is 1.00 bits per heavy atom. The summed E-state index contributed by atoms with van der Waals surface area (Å²) in [5, 5.41) is 8.22. The summed E-state index contributed by atoms with van der Waals surface area (Å²) >= 11 is 0. The van der Waals surface area contributed by atoms with Gasteiger partial charge in [0.15, 0.2) is 6.71 Å².